The second-order valence-corrected chi connectivity index (χ2v) is 6.65. The first-order chi connectivity index (χ1) is 12.7. The molecule has 1 aromatic heterocycles. The summed E-state index contributed by atoms with van der Waals surface area (Å²) in [6.45, 7) is -0.649. The average Bonchev–Trinajstić information content (AvgIpc) is 3.08. The van der Waals surface area contributed by atoms with E-state index in [0.29, 0.717) is 6.07 Å². The van der Waals surface area contributed by atoms with Crippen LogP contribution in [0.3, 0.4) is 0 Å². The summed E-state index contributed by atoms with van der Waals surface area (Å²) in [5, 5.41) is 1.75. The van der Waals surface area contributed by atoms with Crippen LogP contribution in [0.15, 0.2) is 41.9 Å². The molecule has 3 aromatic rings. The first-order valence-electron chi connectivity index (χ1n) is 7.41. The Kier molecular flexibility index (Phi) is 5.33. The Morgan fingerprint density at radius 2 is 1.96 bits per heavy atom. The van der Waals surface area contributed by atoms with Crippen LogP contribution in [0, 0.1) is 0 Å². The lowest BCUT2D eigenvalue weighted by Gasteiger charge is -2.12. The van der Waals surface area contributed by atoms with Gasteiger partial charge in [-0.2, -0.15) is 13.2 Å². The molecular weight excluding hydrogens is 405 g/mol. The largest absolute Gasteiger partial charge is 0.452 e. The average molecular weight is 415 g/mol. The summed E-state index contributed by atoms with van der Waals surface area (Å²) in [6.07, 6.45) is -4.65. The molecule has 0 saturated heterocycles. The zero-order chi connectivity index (χ0) is 19.6. The van der Waals surface area contributed by atoms with Gasteiger partial charge in [0.15, 0.2) is 6.61 Å². The summed E-state index contributed by atoms with van der Waals surface area (Å²) in [5.41, 5.74) is 1.42. The van der Waals surface area contributed by atoms with Crippen molar-refractivity contribution in [2.45, 2.75) is 6.18 Å². The summed E-state index contributed by atoms with van der Waals surface area (Å²) >= 11 is 6.86. The van der Waals surface area contributed by atoms with Crippen LogP contribution in [0.25, 0.3) is 10.2 Å². The molecular formula is C17H10ClF3N2O3S. The van der Waals surface area contributed by atoms with Crippen LogP contribution in [-0.2, 0) is 15.7 Å². The molecule has 3 rings (SSSR count). The molecule has 27 heavy (non-hydrogen) atoms. The lowest BCUT2D eigenvalue weighted by atomic mass is 10.2. The highest BCUT2D eigenvalue weighted by atomic mass is 35.5. The van der Waals surface area contributed by atoms with Crippen LogP contribution in [0.1, 0.15) is 15.9 Å². The molecule has 0 fully saturated rings. The number of thiazole rings is 1. The van der Waals surface area contributed by atoms with Crippen molar-refractivity contribution in [3.05, 3.63) is 58.1 Å². The fourth-order valence-corrected chi connectivity index (χ4v) is 3.15. The van der Waals surface area contributed by atoms with Crippen LogP contribution in [0.2, 0.25) is 5.02 Å². The van der Waals surface area contributed by atoms with E-state index in [1.807, 2.05) is 0 Å². The Morgan fingerprint density at radius 1 is 1.19 bits per heavy atom. The van der Waals surface area contributed by atoms with Gasteiger partial charge in [-0.25, -0.2) is 9.78 Å². The Hall–Kier alpha value is -2.65. The number of rotatable bonds is 4. The van der Waals surface area contributed by atoms with Crippen molar-refractivity contribution in [2.75, 3.05) is 11.9 Å². The van der Waals surface area contributed by atoms with E-state index >= 15 is 0 Å². The number of anilines is 1. The van der Waals surface area contributed by atoms with E-state index in [1.54, 1.807) is 17.6 Å². The van der Waals surface area contributed by atoms with Crippen molar-refractivity contribution < 1.29 is 27.5 Å². The van der Waals surface area contributed by atoms with Crippen LogP contribution >= 0.6 is 22.9 Å². The second-order valence-electron chi connectivity index (χ2n) is 5.35. The fourth-order valence-electron chi connectivity index (χ4n) is 2.21. The van der Waals surface area contributed by atoms with Gasteiger partial charge in [0.2, 0.25) is 0 Å². The van der Waals surface area contributed by atoms with Crippen molar-refractivity contribution >= 4 is 50.7 Å². The van der Waals surface area contributed by atoms with Gasteiger partial charge in [-0.1, -0.05) is 11.6 Å². The number of hydrogen-bond acceptors (Lipinski definition) is 5. The van der Waals surface area contributed by atoms with Gasteiger partial charge in [0, 0.05) is 5.69 Å². The number of halogens is 4. The lowest BCUT2D eigenvalue weighted by molar-refractivity contribution is -0.137. The highest BCUT2D eigenvalue weighted by molar-refractivity contribution is 7.16. The zero-order valence-electron chi connectivity index (χ0n) is 13.3. The van der Waals surface area contributed by atoms with Gasteiger partial charge in [0.25, 0.3) is 5.91 Å². The topological polar surface area (TPSA) is 68.3 Å². The minimum Gasteiger partial charge on any atom is -0.452 e. The fraction of sp³-hybridized carbons (Fsp3) is 0.118. The number of amides is 1. The van der Waals surface area contributed by atoms with E-state index in [9.17, 15) is 22.8 Å². The van der Waals surface area contributed by atoms with Gasteiger partial charge in [0.05, 0.1) is 31.9 Å². The lowest BCUT2D eigenvalue weighted by Crippen LogP contribution is -2.21. The van der Waals surface area contributed by atoms with E-state index in [4.69, 9.17) is 16.3 Å². The van der Waals surface area contributed by atoms with Gasteiger partial charge >= 0.3 is 12.1 Å². The molecule has 0 unspecified atom stereocenters. The molecule has 0 radical (unpaired) electrons. The van der Waals surface area contributed by atoms with Crippen LogP contribution in [-0.4, -0.2) is 23.5 Å². The SMILES string of the molecule is O=C(COC(=O)c1ccc2ncsc2c1)Nc1ccc(Cl)c(C(F)(F)F)c1. The van der Waals surface area contributed by atoms with Crippen LogP contribution in [0.5, 0.6) is 0 Å². The van der Waals surface area contributed by atoms with Gasteiger partial charge in [-0.05, 0) is 36.4 Å². The smallest absolute Gasteiger partial charge is 0.417 e. The Labute approximate surface area is 159 Å². The molecule has 140 valence electrons. The number of fused-ring (bicyclic) bond motifs is 1. The van der Waals surface area contributed by atoms with Crippen molar-refractivity contribution in [2.24, 2.45) is 0 Å². The standard InChI is InChI=1S/C17H10ClF3N2O3S/c18-12-3-2-10(6-11(12)17(19,20)21)23-15(24)7-26-16(25)9-1-4-13-14(5-9)27-8-22-13/h1-6,8H,7H2,(H,23,24). The first kappa shape index (κ1) is 19.1. The minimum atomic E-state index is -4.65. The maximum absolute atomic E-state index is 12.8. The summed E-state index contributed by atoms with van der Waals surface area (Å²) in [4.78, 5) is 28.0. The number of carbonyl (C=O) groups excluding carboxylic acids is 2. The van der Waals surface area contributed by atoms with E-state index in [0.717, 1.165) is 16.3 Å². The maximum atomic E-state index is 12.8. The van der Waals surface area contributed by atoms with Crippen molar-refractivity contribution in [3.63, 3.8) is 0 Å². The molecule has 2 aromatic carbocycles. The number of nitrogens with zero attached hydrogens (tertiary/aromatic N) is 1. The number of carbonyl (C=O) groups is 2. The number of esters is 1. The van der Waals surface area contributed by atoms with Gasteiger partial charge in [-0.15, -0.1) is 11.3 Å². The summed E-state index contributed by atoms with van der Waals surface area (Å²) in [7, 11) is 0. The Morgan fingerprint density at radius 3 is 2.70 bits per heavy atom. The Balaban J connectivity index is 1.62. The number of alkyl halides is 3. The quantitative estimate of drug-likeness (QED) is 0.625. The monoisotopic (exact) mass is 414 g/mol. The number of ether oxygens (including phenoxy) is 1. The Bertz CT molecular complexity index is 1020. The third kappa shape index (κ3) is 4.55. The summed E-state index contributed by atoms with van der Waals surface area (Å²) in [5.74, 6) is -1.51. The molecule has 1 amide bonds. The highest BCUT2D eigenvalue weighted by Gasteiger charge is 2.33. The molecule has 0 spiro atoms. The summed E-state index contributed by atoms with van der Waals surface area (Å²) in [6, 6.07) is 7.69. The molecule has 10 heteroatoms. The van der Waals surface area contributed by atoms with E-state index in [1.165, 1.54) is 23.5 Å². The predicted octanol–water partition coefficient (Wildman–Crippen LogP) is 4.76. The molecule has 0 aliphatic rings. The highest BCUT2D eigenvalue weighted by Crippen LogP contribution is 2.36. The van der Waals surface area contributed by atoms with Gasteiger partial charge < -0.3 is 10.1 Å². The molecule has 1 N–H and O–H groups in total. The number of hydrogen-bond donors (Lipinski definition) is 1. The third-order valence-electron chi connectivity index (χ3n) is 3.46. The minimum absolute atomic E-state index is 0.112. The normalized spacial score (nSPS) is 11.4. The predicted molar refractivity (Wildman–Crippen MR) is 95.0 cm³/mol. The van der Waals surface area contributed by atoms with Gasteiger partial charge in [0.1, 0.15) is 0 Å². The zero-order valence-corrected chi connectivity index (χ0v) is 14.9. The van der Waals surface area contributed by atoms with E-state index in [-0.39, 0.29) is 11.3 Å². The molecule has 0 aliphatic heterocycles. The van der Waals surface area contributed by atoms with Crippen LogP contribution in [0.4, 0.5) is 18.9 Å². The van der Waals surface area contributed by atoms with Gasteiger partial charge in [-0.3, -0.25) is 4.79 Å². The molecule has 5 nitrogen and oxygen atoms in total. The second kappa shape index (κ2) is 7.53. The number of nitrogens with one attached hydrogen (secondary N) is 1. The molecule has 0 atom stereocenters. The van der Waals surface area contributed by atoms with E-state index in [2.05, 4.69) is 10.3 Å². The third-order valence-corrected chi connectivity index (χ3v) is 4.58. The van der Waals surface area contributed by atoms with E-state index < -0.39 is 35.2 Å². The van der Waals surface area contributed by atoms with Crippen molar-refractivity contribution in [1.29, 1.82) is 0 Å². The summed E-state index contributed by atoms with van der Waals surface area (Å²) < 4.78 is 44.2. The molecule has 0 saturated carbocycles. The molecule has 0 bridgehead atoms. The molecule has 0 aliphatic carbocycles. The maximum Gasteiger partial charge on any atom is 0.417 e. The number of benzene rings is 2. The van der Waals surface area contributed by atoms with Crippen molar-refractivity contribution in [1.82, 2.24) is 4.98 Å². The molecule has 1 heterocycles. The van der Waals surface area contributed by atoms with Crippen molar-refractivity contribution in [3.8, 4) is 0 Å². The van der Waals surface area contributed by atoms with Crippen LogP contribution < -0.4 is 5.32 Å². The number of aromatic nitrogens is 1. The first-order valence-corrected chi connectivity index (χ1v) is 8.67.